The lowest BCUT2D eigenvalue weighted by atomic mass is 10.1. The van der Waals surface area contributed by atoms with E-state index < -0.39 is 0 Å². The van der Waals surface area contributed by atoms with E-state index in [2.05, 4.69) is 0 Å². The summed E-state index contributed by atoms with van der Waals surface area (Å²) in [5.74, 6) is 1.82. The smallest absolute Gasteiger partial charge is 0.270 e. The third kappa shape index (κ3) is 3.39. The molecule has 1 saturated heterocycles. The van der Waals surface area contributed by atoms with Crippen molar-refractivity contribution in [2.45, 2.75) is 0 Å². The van der Waals surface area contributed by atoms with Crippen LogP contribution in [0.2, 0.25) is 0 Å². The van der Waals surface area contributed by atoms with Gasteiger partial charge in [-0.15, -0.1) is 0 Å². The number of methoxy groups -OCH3 is 2. The summed E-state index contributed by atoms with van der Waals surface area (Å²) in [5, 5.41) is 0. The molecule has 0 aromatic heterocycles. The van der Waals surface area contributed by atoms with Crippen LogP contribution in [0.4, 0.5) is 5.69 Å². The van der Waals surface area contributed by atoms with Crippen LogP contribution in [0.3, 0.4) is 0 Å². The molecular formula is C21H17NO4S2. The van der Waals surface area contributed by atoms with E-state index in [1.165, 1.54) is 16.7 Å². The molecule has 0 radical (unpaired) electrons. The van der Waals surface area contributed by atoms with Crippen molar-refractivity contribution in [3.63, 3.8) is 0 Å². The highest BCUT2D eigenvalue weighted by molar-refractivity contribution is 8.27. The van der Waals surface area contributed by atoms with Crippen molar-refractivity contribution < 1.29 is 19.0 Å². The van der Waals surface area contributed by atoms with Crippen LogP contribution in [0.15, 0.2) is 59.0 Å². The Balaban J connectivity index is 1.65. The lowest BCUT2D eigenvalue weighted by Gasteiger charge is -2.18. The van der Waals surface area contributed by atoms with Crippen LogP contribution >= 0.6 is 24.0 Å². The number of thiocarbonyl (C=S) groups is 1. The molecule has 2 aliphatic heterocycles. The van der Waals surface area contributed by atoms with Crippen LogP contribution in [0, 0.1) is 0 Å². The van der Waals surface area contributed by atoms with E-state index in [9.17, 15) is 4.79 Å². The molecule has 142 valence electrons. The number of para-hydroxylation sites is 1. The molecule has 2 aromatic rings. The maximum atomic E-state index is 13.1. The molecular weight excluding hydrogens is 394 g/mol. The molecule has 2 aliphatic rings. The van der Waals surface area contributed by atoms with Crippen LogP contribution in [-0.2, 0) is 4.79 Å². The number of carbonyl (C=O) groups excluding carboxylic acids is 1. The topological polar surface area (TPSA) is 48.0 Å². The number of ether oxygens (including phenoxy) is 3. The fourth-order valence-electron chi connectivity index (χ4n) is 3.03. The van der Waals surface area contributed by atoms with Crippen LogP contribution in [0.5, 0.6) is 17.2 Å². The monoisotopic (exact) mass is 411 g/mol. The number of anilines is 1. The molecule has 0 saturated carbocycles. The predicted molar refractivity (Wildman–Crippen MR) is 115 cm³/mol. The minimum absolute atomic E-state index is 0.182. The summed E-state index contributed by atoms with van der Waals surface area (Å²) in [7, 11) is 3.13. The van der Waals surface area contributed by atoms with E-state index in [4.69, 9.17) is 26.4 Å². The van der Waals surface area contributed by atoms with E-state index in [1.54, 1.807) is 32.4 Å². The van der Waals surface area contributed by atoms with Gasteiger partial charge in [-0.3, -0.25) is 9.69 Å². The average Bonchev–Trinajstić information content (AvgIpc) is 3.00. The molecule has 0 bridgehead atoms. The molecule has 0 N–H and O–H groups in total. The number of fused-ring (bicyclic) bond motifs is 1. The van der Waals surface area contributed by atoms with Gasteiger partial charge in [0.25, 0.3) is 5.91 Å². The van der Waals surface area contributed by atoms with Gasteiger partial charge in [-0.1, -0.05) is 42.2 Å². The second-order valence-corrected chi connectivity index (χ2v) is 7.78. The minimum Gasteiger partial charge on any atom is -0.497 e. The Hall–Kier alpha value is -2.77. The van der Waals surface area contributed by atoms with Gasteiger partial charge in [-0.2, -0.15) is 0 Å². The number of thioether (sulfide) groups is 1. The molecule has 2 heterocycles. The fraction of sp³-hybridized carbons (Fsp3) is 0.143. The molecule has 28 heavy (non-hydrogen) atoms. The van der Waals surface area contributed by atoms with Crippen molar-refractivity contribution in [1.82, 2.24) is 0 Å². The molecule has 0 spiro atoms. The van der Waals surface area contributed by atoms with Gasteiger partial charge in [0, 0.05) is 11.6 Å². The first-order valence-corrected chi connectivity index (χ1v) is 9.75. The summed E-state index contributed by atoms with van der Waals surface area (Å²) in [6, 6.07) is 13.1. The van der Waals surface area contributed by atoms with Gasteiger partial charge in [0.05, 0.1) is 24.8 Å². The lowest BCUT2D eigenvalue weighted by molar-refractivity contribution is -0.113. The Kier molecular flexibility index (Phi) is 5.11. The molecule has 0 aliphatic carbocycles. The number of hydrogen-bond donors (Lipinski definition) is 0. The highest BCUT2D eigenvalue weighted by atomic mass is 32.2. The Morgan fingerprint density at radius 1 is 1.18 bits per heavy atom. The van der Waals surface area contributed by atoms with Crippen LogP contribution in [0.1, 0.15) is 5.56 Å². The maximum Gasteiger partial charge on any atom is 0.270 e. The molecule has 0 atom stereocenters. The number of hydrogen-bond acceptors (Lipinski definition) is 6. The molecule has 0 unspecified atom stereocenters. The summed E-state index contributed by atoms with van der Waals surface area (Å²) < 4.78 is 16.9. The maximum absolute atomic E-state index is 13.1. The Labute approximate surface area is 172 Å². The van der Waals surface area contributed by atoms with E-state index in [0.717, 1.165) is 16.9 Å². The van der Waals surface area contributed by atoms with Crippen molar-refractivity contribution in [2.24, 2.45) is 0 Å². The largest absolute Gasteiger partial charge is 0.497 e. The zero-order valence-corrected chi connectivity index (χ0v) is 16.9. The molecule has 4 rings (SSSR count). The zero-order chi connectivity index (χ0) is 19.7. The van der Waals surface area contributed by atoms with Gasteiger partial charge in [0.15, 0.2) is 4.32 Å². The fourth-order valence-corrected chi connectivity index (χ4v) is 4.33. The standard InChI is InChI=1S/C21H17NO4S2/c1-24-15-7-8-16(18(11-15)25-2)22-20(23)19(28-21(22)27)10-13-9-14-5-3-4-6-17(14)26-12-13/h3-11H,12H2,1-2H3/b19-10-. The van der Waals surface area contributed by atoms with Gasteiger partial charge in [-0.25, -0.2) is 0 Å². The highest BCUT2D eigenvalue weighted by Crippen LogP contribution is 2.41. The van der Waals surface area contributed by atoms with Crippen LogP contribution < -0.4 is 19.1 Å². The first-order valence-electron chi connectivity index (χ1n) is 8.53. The normalized spacial score (nSPS) is 17.3. The van der Waals surface area contributed by atoms with Crippen LogP contribution in [0.25, 0.3) is 6.08 Å². The van der Waals surface area contributed by atoms with Crippen molar-refractivity contribution in [3.05, 3.63) is 64.6 Å². The van der Waals surface area contributed by atoms with Crippen LogP contribution in [-0.4, -0.2) is 31.1 Å². The number of amides is 1. The number of rotatable bonds is 4. The van der Waals surface area contributed by atoms with Gasteiger partial charge in [0.2, 0.25) is 0 Å². The summed E-state index contributed by atoms with van der Waals surface area (Å²) in [6.07, 6.45) is 3.87. The quantitative estimate of drug-likeness (QED) is 0.548. The molecule has 7 heteroatoms. The van der Waals surface area contributed by atoms with Crippen molar-refractivity contribution in [2.75, 3.05) is 25.7 Å². The van der Waals surface area contributed by atoms with Gasteiger partial charge in [-0.05, 0) is 35.9 Å². The number of carbonyl (C=O) groups is 1. The second kappa shape index (κ2) is 7.69. The second-order valence-electron chi connectivity index (χ2n) is 6.10. The predicted octanol–water partition coefficient (Wildman–Crippen LogP) is 4.43. The van der Waals surface area contributed by atoms with Crippen molar-refractivity contribution >= 4 is 46.0 Å². The molecule has 5 nitrogen and oxygen atoms in total. The average molecular weight is 412 g/mol. The van der Waals surface area contributed by atoms with E-state index in [0.29, 0.717) is 33.0 Å². The Morgan fingerprint density at radius 2 is 2.00 bits per heavy atom. The zero-order valence-electron chi connectivity index (χ0n) is 15.3. The molecule has 1 fully saturated rings. The summed E-state index contributed by atoms with van der Waals surface area (Å²) in [4.78, 5) is 15.1. The van der Waals surface area contributed by atoms with Gasteiger partial charge < -0.3 is 14.2 Å². The van der Waals surface area contributed by atoms with E-state index in [1.807, 2.05) is 36.4 Å². The SMILES string of the molecule is COc1ccc(N2C(=O)/C(=C/C3=Cc4ccccc4OC3)SC2=S)c(OC)c1. The van der Waals surface area contributed by atoms with Gasteiger partial charge >= 0.3 is 0 Å². The van der Waals surface area contributed by atoms with Gasteiger partial charge in [0.1, 0.15) is 23.9 Å². The summed E-state index contributed by atoms with van der Waals surface area (Å²) in [5.41, 5.74) is 2.50. The van der Waals surface area contributed by atoms with E-state index in [-0.39, 0.29) is 5.91 Å². The van der Waals surface area contributed by atoms with Crippen molar-refractivity contribution in [3.8, 4) is 17.2 Å². The Bertz CT molecular complexity index is 1030. The molecule has 2 aromatic carbocycles. The van der Waals surface area contributed by atoms with E-state index >= 15 is 0 Å². The lowest BCUT2D eigenvalue weighted by Crippen LogP contribution is -2.28. The molecule has 1 amide bonds. The number of benzene rings is 2. The first kappa shape index (κ1) is 18.6. The number of nitrogens with zero attached hydrogens (tertiary/aromatic N) is 1. The third-order valence-corrected chi connectivity index (χ3v) is 5.69. The summed E-state index contributed by atoms with van der Waals surface area (Å²) >= 11 is 6.73. The highest BCUT2D eigenvalue weighted by Gasteiger charge is 2.35. The third-order valence-electron chi connectivity index (χ3n) is 4.39. The van der Waals surface area contributed by atoms with Crippen molar-refractivity contribution in [1.29, 1.82) is 0 Å². The summed E-state index contributed by atoms with van der Waals surface area (Å²) in [6.45, 7) is 0.410. The minimum atomic E-state index is -0.182. The first-order chi connectivity index (χ1) is 13.6. The Morgan fingerprint density at radius 3 is 2.79 bits per heavy atom.